The number of aliphatic imine (C=N–C) groups is 1. The monoisotopic (exact) mass is 752 g/mol. The number of pyridine rings is 1. The molecule has 2 amide bonds. The number of likely N-dealkylation sites (tertiary alicyclic amines) is 2. The van der Waals surface area contributed by atoms with Gasteiger partial charge in [0.2, 0.25) is 0 Å². The number of hydrogen-bond donors (Lipinski definition) is 4. The first-order chi connectivity index (χ1) is 26.3. The molecular weight excluding hydrogens is 704 g/mol. The minimum Gasteiger partial charge on any atom is -0.497 e. The maximum atomic E-state index is 13.5. The number of carboxylic acids is 2. The van der Waals surface area contributed by atoms with E-state index >= 15 is 0 Å². The Labute approximate surface area is 320 Å². The standard InChI is InChI=1S/C41H48N6O8/c1-24(20-46-15-13-27(21-46)40(50)51)36(54-5)17-34(42-4)38(48)44-32-11-7-9-30(25(32)2)31-10-8-12-33(26(31)3)45-39(49)35-18-37(55-6)29(19-43-35)23-47-16-14-28(22-47)41(52)53/h7-12,17-19,27-28H,4,13-16,20-23H2,1-3,5-6H3,(H,44,48)(H,45,49)(H,50,51)(H,52,53)/b34-17-,36-24-/t27-,28-/m0/s1. The number of allylic oxidation sites excluding steroid dienone is 1. The Bertz CT molecular complexity index is 2040. The fourth-order valence-electron chi connectivity index (χ4n) is 7.07. The Morgan fingerprint density at radius 3 is 2.05 bits per heavy atom. The molecule has 0 aliphatic carbocycles. The Balaban J connectivity index is 1.30. The van der Waals surface area contributed by atoms with E-state index in [0.717, 1.165) is 33.4 Å². The number of rotatable bonds is 15. The van der Waals surface area contributed by atoms with E-state index in [1.54, 1.807) is 24.4 Å². The number of methoxy groups -OCH3 is 2. The van der Waals surface area contributed by atoms with Crippen LogP contribution in [0, 0.1) is 25.7 Å². The second kappa shape index (κ2) is 18.0. The van der Waals surface area contributed by atoms with Crippen LogP contribution in [0.4, 0.5) is 11.4 Å². The maximum Gasteiger partial charge on any atom is 0.307 e. The molecule has 290 valence electrons. The summed E-state index contributed by atoms with van der Waals surface area (Å²) in [7, 11) is 3.03. The SMILES string of the molecule is C=N/C(=C\C(OC)=C(/C)CN1CC[C@H](C(=O)O)C1)C(=O)Nc1cccc(-c2cccc(NC(=O)c3cc(OC)c(CN4CC[C@H](C(=O)O)C4)cn3)c2C)c1C. The fourth-order valence-corrected chi connectivity index (χ4v) is 7.07. The number of hydrogen-bond acceptors (Lipinski definition) is 10. The zero-order valence-electron chi connectivity index (χ0n) is 31.8. The lowest BCUT2D eigenvalue weighted by molar-refractivity contribution is -0.142. The van der Waals surface area contributed by atoms with E-state index < -0.39 is 35.6 Å². The smallest absolute Gasteiger partial charge is 0.307 e. The number of nitrogens with zero attached hydrogens (tertiary/aromatic N) is 4. The molecule has 3 heterocycles. The largest absolute Gasteiger partial charge is 0.497 e. The summed E-state index contributed by atoms with van der Waals surface area (Å²) in [6.07, 6.45) is 4.29. The normalized spacial score (nSPS) is 18.0. The zero-order chi connectivity index (χ0) is 39.8. The molecule has 0 bridgehead atoms. The number of aromatic nitrogens is 1. The number of ether oxygens (including phenoxy) is 2. The summed E-state index contributed by atoms with van der Waals surface area (Å²) in [6, 6.07) is 12.7. The average molecular weight is 753 g/mol. The van der Waals surface area contributed by atoms with Crippen LogP contribution in [-0.2, 0) is 25.7 Å². The van der Waals surface area contributed by atoms with Crippen LogP contribution < -0.4 is 15.4 Å². The summed E-state index contributed by atoms with van der Waals surface area (Å²) >= 11 is 0. The molecule has 3 aromatic rings. The highest BCUT2D eigenvalue weighted by atomic mass is 16.5. The summed E-state index contributed by atoms with van der Waals surface area (Å²) in [5, 5.41) is 24.6. The van der Waals surface area contributed by atoms with E-state index in [0.29, 0.717) is 75.0 Å². The van der Waals surface area contributed by atoms with Gasteiger partial charge in [-0.25, -0.2) is 0 Å². The zero-order valence-corrected chi connectivity index (χ0v) is 31.8. The highest BCUT2D eigenvalue weighted by Crippen LogP contribution is 2.34. The predicted octanol–water partition coefficient (Wildman–Crippen LogP) is 5.38. The van der Waals surface area contributed by atoms with Crippen molar-refractivity contribution in [2.75, 3.05) is 57.6 Å². The van der Waals surface area contributed by atoms with Crippen molar-refractivity contribution in [3.05, 3.63) is 94.2 Å². The van der Waals surface area contributed by atoms with Gasteiger partial charge in [0.05, 0.1) is 26.1 Å². The predicted molar refractivity (Wildman–Crippen MR) is 209 cm³/mol. The first-order valence-electron chi connectivity index (χ1n) is 18.0. The van der Waals surface area contributed by atoms with Crippen molar-refractivity contribution in [3.8, 4) is 16.9 Å². The second-order valence-electron chi connectivity index (χ2n) is 13.9. The van der Waals surface area contributed by atoms with Gasteiger partial charge in [-0.2, -0.15) is 0 Å². The van der Waals surface area contributed by atoms with Crippen molar-refractivity contribution in [3.63, 3.8) is 0 Å². The van der Waals surface area contributed by atoms with Crippen molar-refractivity contribution >= 4 is 41.8 Å². The van der Waals surface area contributed by atoms with Crippen LogP contribution in [0.3, 0.4) is 0 Å². The highest BCUT2D eigenvalue weighted by Gasteiger charge is 2.30. The third-order valence-corrected chi connectivity index (χ3v) is 10.3. The lowest BCUT2D eigenvalue weighted by Crippen LogP contribution is -2.25. The van der Waals surface area contributed by atoms with Crippen molar-refractivity contribution < 1.29 is 38.9 Å². The molecule has 2 fully saturated rings. The Morgan fingerprint density at radius 2 is 1.51 bits per heavy atom. The van der Waals surface area contributed by atoms with E-state index in [2.05, 4.69) is 27.3 Å². The molecule has 55 heavy (non-hydrogen) atoms. The number of carbonyl (C=O) groups excluding carboxylic acids is 2. The van der Waals surface area contributed by atoms with Gasteiger partial charge in [0.1, 0.15) is 22.9 Å². The van der Waals surface area contributed by atoms with Gasteiger partial charge in [0.25, 0.3) is 11.8 Å². The first kappa shape index (κ1) is 40.3. The molecular formula is C41H48N6O8. The number of carbonyl (C=O) groups is 4. The number of amides is 2. The molecule has 0 saturated carbocycles. The van der Waals surface area contributed by atoms with Crippen molar-refractivity contribution in [2.45, 2.75) is 40.2 Å². The third-order valence-electron chi connectivity index (χ3n) is 10.3. The molecule has 4 N–H and O–H groups in total. The van der Waals surface area contributed by atoms with Gasteiger partial charge in [-0.1, -0.05) is 24.3 Å². The molecule has 5 rings (SSSR count). The van der Waals surface area contributed by atoms with Crippen molar-refractivity contribution in [1.29, 1.82) is 0 Å². The van der Waals surface area contributed by atoms with Gasteiger partial charge in [-0.05, 0) is 93.4 Å². The molecule has 0 unspecified atom stereocenters. The molecule has 14 nitrogen and oxygen atoms in total. The molecule has 2 saturated heterocycles. The number of anilines is 2. The van der Waals surface area contributed by atoms with Gasteiger partial charge in [0.15, 0.2) is 0 Å². The lowest BCUT2D eigenvalue weighted by atomic mass is 9.94. The Morgan fingerprint density at radius 1 is 0.927 bits per heavy atom. The molecule has 1 aromatic heterocycles. The molecule has 2 aliphatic rings. The van der Waals surface area contributed by atoms with E-state index in [9.17, 15) is 29.4 Å². The third kappa shape index (κ3) is 9.63. The minimum atomic E-state index is -0.800. The molecule has 2 aliphatic heterocycles. The van der Waals surface area contributed by atoms with E-state index in [1.807, 2.05) is 54.8 Å². The second-order valence-corrected chi connectivity index (χ2v) is 13.9. The maximum absolute atomic E-state index is 13.5. The lowest BCUT2D eigenvalue weighted by Gasteiger charge is -2.18. The molecule has 0 radical (unpaired) electrons. The van der Waals surface area contributed by atoms with Gasteiger partial charge >= 0.3 is 11.9 Å². The van der Waals surface area contributed by atoms with Gasteiger partial charge < -0.3 is 30.3 Å². The van der Waals surface area contributed by atoms with Crippen LogP contribution >= 0.6 is 0 Å². The number of aliphatic carboxylic acids is 2. The summed E-state index contributed by atoms with van der Waals surface area (Å²) in [4.78, 5) is 62.2. The number of nitrogens with one attached hydrogen (secondary N) is 2. The van der Waals surface area contributed by atoms with Crippen LogP contribution in [0.1, 0.15) is 46.9 Å². The van der Waals surface area contributed by atoms with Crippen LogP contribution in [0.2, 0.25) is 0 Å². The first-order valence-corrected chi connectivity index (χ1v) is 18.0. The highest BCUT2D eigenvalue weighted by molar-refractivity contribution is 6.06. The van der Waals surface area contributed by atoms with Crippen LogP contribution in [0.25, 0.3) is 11.1 Å². The van der Waals surface area contributed by atoms with Gasteiger partial charge in [-0.15, -0.1) is 0 Å². The number of carboxylic acid groups (broad SMARTS) is 2. The minimum absolute atomic E-state index is 0.0490. The van der Waals surface area contributed by atoms with Crippen LogP contribution in [0.5, 0.6) is 5.75 Å². The van der Waals surface area contributed by atoms with Gasteiger partial charge in [-0.3, -0.25) is 39.0 Å². The van der Waals surface area contributed by atoms with E-state index in [-0.39, 0.29) is 11.4 Å². The summed E-state index contributed by atoms with van der Waals surface area (Å²) in [5.41, 5.74) is 6.24. The quantitative estimate of drug-likeness (QED) is 0.0677. The van der Waals surface area contributed by atoms with Crippen LogP contribution in [0.15, 0.2) is 76.8 Å². The number of benzene rings is 2. The summed E-state index contributed by atoms with van der Waals surface area (Å²) in [5.74, 6) is -2.37. The van der Waals surface area contributed by atoms with E-state index in [4.69, 9.17) is 9.47 Å². The topological polar surface area (TPSA) is 183 Å². The Kier molecular flexibility index (Phi) is 13.2. The van der Waals surface area contributed by atoms with Crippen molar-refractivity contribution in [2.24, 2.45) is 16.8 Å². The van der Waals surface area contributed by atoms with Gasteiger partial charge in [0, 0.05) is 61.5 Å². The molecule has 0 spiro atoms. The summed E-state index contributed by atoms with van der Waals surface area (Å²) in [6.45, 7) is 12.4. The summed E-state index contributed by atoms with van der Waals surface area (Å²) < 4.78 is 11.2. The average Bonchev–Trinajstić information content (AvgIpc) is 3.84. The van der Waals surface area contributed by atoms with E-state index in [1.165, 1.54) is 20.3 Å². The molecule has 2 atom stereocenters. The fraction of sp³-hybridized carbons (Fsp3) is 0.366. The Hall–Kier alpha value is -5.86. The van der Waals surface area contributed by atoms with Crippen molar-refractivity contribution in [1.82, 2.24) is 14.8 Å². The molecule has 2 aromatic carbocycles. The molecule has 14 heteroatoms. The van der Waals surface area contributed by atoms with Crippen LogP contribution in [-0.4, -0.2) is 102 Å².